The second kappa shape index (κ2) is 29.7. The number of fused-ring (bicyclic) bond motifs is 4. The Kier molecular flexibility index (Phi) is 20.8. The van der Waals surface area contributed by atoms with Crippen molar-refractivity contribution in [2.45, 2.75) is 121 Å². The van der Waals surface area contributed by atoms with Crippen molar-refractivity contribution in [1.82, 2.24) is 39.4 Å². The third-order valence-corrected chi connectivity index (χ3v) is 21.3. The number of rotatable bonds is 11. The molecule has 5 saturated heterocycles. The van der Waals surface area contributed by atoms with E-state index in [0.29, 0.717) is 109 Å². The molecule has 22 heteroatoms. The van der Waals surface area contributed by atoms with Gasteiger partial charge in [-0.1, -0.05) is 48.5 Å². The number of piperazine rings is 1. The Hall–Kier alpha value is -8.43. The van der Waals surface area contributed by atoms with Gasteiger partial charge in [-0.05, 0) is 133 Å². The van der Waals surface area contributed by atoms with E-state index >= 15 is 0 Å². The van der Waals surface area contributed by atoms with Crippen LogP contribution in [0.15, 0.2) is 131 Å². The van der Waals surface area contributed by atoms with Gasteiger partial charge in [-0.15, -0.1) is 47.2 Å². The molecule has 95 heavy (non-hydrogen) atoms. The van der Waals surface area contributed by atoms with Gasteiger partial charge in [-0.3, -0.25) is 33.6 Å². The molecule has 5 aromatic heterocycles. The number of thiophene rings is 2. The number of pyridine rings is 2. The minimum absolute atomic E-state index is 0. The Labute approximate surface area is 572 Å². The number of ketones is 1. The topological polar surface area (TPSA) is 223 Å². The zero-order valence-electron chi connectivity index (χ0n) is 53.1. The van der Waals surface area contributed by atoms with Crippen LogP contribution in [-0.4, -0.2) is 180 Å². The monoisotopic (exact) mass is 1500 g/mol. The van der Waals surface area contributed by atoms with Crippen LogP contribution in [0.3, 0.4) is 0 Å². The molecule has 19 nitrogen and oxygen atoms in total. The number of nitrogens with zero attached hydrogens (tertiary/aromatic N) is 9. The summed E-state index contributed by atoms with van der Waals surface area (Å²) >= 11 is 3.46. The molecule has 12 heterocycles. The van der Waals surface area contributed by atoms with Gasteiger partial charge in [0.05, 0.1) is 18.3 Å². The summed E-state index contributed by atoms with van der Waals surface area (Å²) in [7, 11) is 0. The average molecular weight is 1500 g/mol. The van der Waals surface area contributed by atoms with E-state index in [2.05, 4.69) is 63.4 Å². The molecule has 5 fully saturated rings. The molecule has 4 atom stereocenters. The van der Waals surface area contributed by atoms with Crippen LogP contribution in [0, 0.1) is 12.1 Å². The molecule has 15 rings (SSSR count). The molecule has 3 aromatic carbocycles. The SMILES string of the molecule is C/C(O)=C/C(=[OH+])CCC(=O)N1CCN(C(=O)C2CCCN2C(=O)C2CCCN2C(=O)C2CCCN2C(=O)C2CCCN2C(=O)c2cc3cc4c5c(c3oc2=O)CCCN5CCC4)CC1.[Ir].[c-]1c(-c2ccccn2)sc2ccccc12.[c-]1c(-c2ccccn2)sc2ccccc12. The second-order valence-corrected chi connectivity index (χ2v) is 27.3. The third-order valence-electron chi connectivity index (χ3n) is 19.1. The van der Waals surface area contributed by atoms with Crippen LogP contribution in [0.2, 0.25) is 0 Å². The summed E-state index contributed by atoms with van der Waals surface area (Å²) in [6.45, 7) is 6.06. The summed E-state index contributed by atoms with van der Waals surface area (Å²) in [4.78, 5) is 130. The van der Waals surface area contributed by atoms with Gasteiger partial charge in [0.1, 0.15) is 35.3 Å². The van der Waals surface area contributed by atoms with E-state index in [1.54, 1.807) is 53.2 Å². The number of benzene rings is 3. The summed E-state index contributed by atoms with van der Waals surface area (Å²) in [5, 5.41) is 12.4. The molecule has 2 N–H and O–H groups in total. The standard InChI is InChI=1S/C47H59N7O10.2C13H8NS.Ir/c1-29(55)26-32(56)14-15-39(57)48-22-24-50(25-23-48)43(59)35-10-4-19-52(35)45(61)37-12-6-21-54(37)46(62)38-13-7-20-53(38)44(60)36-11-5-18-51(36)42(58)34-28-31-27-30-8-2-16-49-17-3-9-33(40(30)49)41(31)64-47(34)63;2*1-2-7-12-10(5-1)9-13(15-12)11-6-3-4-8-14-11;/h26-28,35-38,55H,2-25H2,1H3;2*1-8H;/q;2*-1;/p+1/b29-26-;;;. The number of carbonyl (C=O) groups excluding carboxylic acids is 7. The summed E-state index contributed by atoms with van der Waals surface area (Å²) in [5.74, 6) is -1.90. The van der Waals surface area contributed by atoms with Crippen molar-refractivity contribution in [3.63, 3.8) is 0 Å². The number of hydrogen-bond acceptors (Lipinski definition) is 14. The first-order chi connectivity index (χ1) is 45.8. The third kappa shape index (κ3) is 14.3. The van der Waals surface area contributed by atoms with E-state index in [1.807, 2.05) is 67.0 Å². The number of aliphatic hydroxyl groups is 1. The molecule has 6 amide bonds. The van der Waals surface area contributed by atoms with Crippen molar-refractivity contribution < 1.29 is 63.2 Å². The molecule has 0 spiro atoms. The van der Waals surface area contributed by atoms with Gasteiger partial charge < -0.3 is 53.8 Å². The van der Waals surface area contributed by atoms with E-state index < -0.39 is 35.7 Å². The zero-order valence-corrected chi connectivity index (χ0v) is 57.1. The van der Waals surface area contributed by atoms with Gasteiger partial charge in [0.25, 0.3) is 5.91 Å². The van der Waals surface area contributed by atoms with Gasteiger partial charge in [0.2, 0.25) is 29.5 Å². The fourth-order valence-electron chi connectivity index (χ4n) is 14.6. The molecular weight excluding hydrogens is 1420 g/mol. The normalized spacial score (nSPS) is 20.1. The molecule has 0 aliphatic carbocycles. The number of allylic oxidation sites excluding steroid dienone is 2. The van der Waals surface area contributed by atoms with Crippen molar-refractivity contribution in [1.29, 1.82) is 0 Å². The maximum Gasteiger partial charge on any atom is 0.349 e. The predicted molar refractivity (Wildman–Crippen MR) is 363 cm³/mol. The number of aromatic nitrogens is 2. The van der Waals surface area contributed by atoms with E-state index in [9.17, 15) is 43.5 Å². The number of likely N-dealkylation sites (tertiary alicyclic amines) is 4. The number of anilines is 1. The first-order valence-electron chi connectivity index (χ1n) is 33.0. The fourth-order valence-corrected chi connectivity index (χ4v) is 16.6. The largest absolute Gasteiger partial charge is 0.512 e. The van der Waals surface area contributed by atoms with Gasteiger partial charge in [0.15, 0.2) is 0 Å². The number of amides is 6. The van der Waals surface area contributed by atoms with Crippen LogP contribution >= 0.6 is 22.7 Å². The number of carbonyl (C=O) groups is 6. The maximum atomic E-state index is 14.5. The summed E-state index contributed by atoms with van der Waals surface area (Å²) in [5.41, 5.74) is 5.12. The number of hydrogen-bond donors (Lipinski definition) is 1. The van der Waals surface area contributed by atoms with Crippen molar-refractivity contribution in [2.24, 2.45) is 0 Å². The van der Waals surface area contributed by atoms with E-state index in [1.165, 1.54) is 49.3 Å². The van der Waals surface area contributed by atoms with Gasteiger partial charge in [-0.2, -0.15) is 0 Å². The molecule has 0 saturated carbocycles. The number of aliphatic hydroxyl groups excluding tert-OH is 1. The molecule has 4 unspecified atom stereocenters. The van der Waals surface area contributed by atoms with E-state index in [0.717, 1.165) is 70.9 Å². The smallest absolute Gasteiger partial charge is 0.349 e. The molecule has 8 aromatic rings. The quantitative estimate of drug-likeness (QED) is 0.0420. The molecular formula is C73H76IrN9O10S2-. The van der Waals surface area contributed by atoms with Crippen molar-refractivity contribution in [3.05, 3.63) is 161 Å². The van der Waals surface area contributed by atoms with Crippen molar-refractivity contribution in [2.75, 3.05) is 70.3 Å². The molecule has 7 aliphatic heterocycles. The van der Waals surface area contributed by atoms with Crippen molar-refractivity contribution >= 4 is 101 Å². The first kappa shape index (κ1) is 66.6. The average Bonchev–Trinajstić information content (AvgIpc) is 1.58. The molecule has 495 valence electrons. The molecule has 0 bridgehead atoms. The van der Waals surface area contributed by atoms with E-state index in [4.69, 9.17) is 4.42 Å². The Balaban J connectivity index is 0.000000224. The van der Waals surface area contributed by atoms with E-state index in [-0.39, 0.29) is 79.6 Å². The van der Waals surface area contributed by atoms with Crippen LogP contribution in [0.25, 0.3) is 52.3 Å². The van der Waals surface area contributed by atoms with Crippen LogP contribution < -0.4 is 10.5 Å². The summed E-state index contributed by atoms with van der Waals surface area (Å²) in [6.07, 6.45) is 12.9. The van der Waals surface area contributed by atoms with Crippen LogP contribution in [0.5, 0.6) is 0 Å². The Morgan fingerprint density at radius 2 is 1.07 bits per heavy atom. The number of aryl methyl sites for hydroxylation is 2. The zero-order chi connectivity index (χ0) is 65.0. The summed E-state index contributed by atoms with van der Waals surface area (Å²) in [6, 6.07) is 35.8. The molecule has 1 radical (unpaired) electrons. The maximum absolute atomic E-state index is 14.5. The Morgan fingerprint density at radius 1 is 0.589 bits per heavy atom. The van der Waals surface area contributed by atoms with Crippen molar-refractivity contribution in [3.8, 4) is 21.1 Å². The van der Waals surface area contributed by atoms with Gasteiger partial charge >= 0.3 is 11.4 Å². The minimum atomic E-state index is -0.841. The molecule has 7 aliphatic rings. The Morgan fingerprint density at radius 3 is 1.59 bits per heavy atom. The van der Waals surface area contributed by atoms with Gasteiger partial charge in [-0.25, -0.2) is 27.5 Å². The first-order valence-corrected chi connectivity index (χ1v) is 34.6. The summed E-state index contributed by atoms with van der Waals surface area (Å²) < 4.78 is 8.47. The Bertz CT molecular complexity index is 4100. The fraction of sp³-hybridized carbons (Fsp3) is 0.397. The van der Waals surface area contributed by atoms with Gasteiger partial charge in [0, 0.05) is 132 Å². The minimum Gasteiger partial charge on any atom is -0.512 e. The van der Waals surface area contributed by atoms with Crippen LogP contribution in [0.1, 0.15) is 105 Å². The second-order valence-electron chi connectivity index (χ2n) is 25.2. The van der Waals surface area contributed by atoms with Crippen LogP contribution in [0.4, 0.5) is 5.69 Å². The van der Waals surface area contributed by atoms with Crippen LogP contribution in [-0.2, 0) is 56.9 Å². The predicted octanol–water partition coefficient (Wildman–Crippen LogP) is 10.1.